The maximum Gasteiger partial charge on any atom is 0.236 e. The molecule has 0 atom stereocenters. The molecular formula is C16H25N3O. The number of aryl methyl sites for hydroxylation is 1. The SMILES string of the molecule is CNCc1ccc(N(CC(N)=O)C2CCCC2)cc1C. The fraction of sp³-hybridized carbons (Fsp3) is 0.562. The molecule has 2 rings (SSSR count). The molecule has 1 saturated carbocycles. The van der Waals surface area contributed by atoms with Gasteiger partial charge in [0.1, 0.15) is 0 Å². The summed E-state index contributed by atoms with van der Waals surface area (Å²) >= 11 is 0. The van der Waals surface area contributed by atoms with Crippen molar-refractivity contribution in [2.75, 3.05) is 18.5 Å². The van der Waals surface area contributed by atoms with Gasteiger partial charge in [-0.3, -0.25) is 4.79 Å². The van der Waals surface area contributed by atoms with E-state index in [-0.39, 0.29) is 5.91 Å². The molecule has 0 aromatic heterocycles. The molecule has 1 fully saturated rings. The highest BCUT2D eigenvalue weighted by Crippen LogP contribution is 2.29. The molecule has 110 valence electrons. The van der Waals surface area contributed by atoms with Crippen molar-refractivity contribution in [2.24, 2.45) is 5.73 Å². The number of hydrogen-bond donors (Lipinski definition) is 2. The van der Waals surface area contributed by atoms with Crippen LogP contribution in [-0.4, -0.2) is 25.5 Å². The summed E-state index contributed by atoms with van der Waals surface area (Å²) in [5.74, 6) is -0.256. The molecule has 0 spiro atoms. The first-order chi connectivity index (χ1) is 9.61. The Morgan fingerprint density at radius 2 is 2.10 bits per heavy atom. The minimum atomic E-state index is -0.256. The van der Waals surface area contributed by atoms with Gasteiger partial charge in [-0.2, -0.15) is 0 Å². The van der Waals surface area contributed by atoms with Gasteiger partial charge in [0.25, 0.3) is 0 Å². The first-order valence-electron chi connectivity index (χ1n) is 7.41. The monoisotopic (exact) mass is 275 g/mol. The zero-order chi connectivity index (χ0) is 14.5. The number of primary amides is 1. The van der Waals surface area contributed by atoms with Crippen molar-refractivity contribution in [2.45, 2.75) is 45.2 Å². The number of hydrogen-bond acceptors (Lipinski definition) is 3. The van der Waals surface area contributed by atoms with Gasteiger partial charge in [-0.05, 0) is 50.1 Å². The Morgan fingerprint density at radius 1 is 1.40 bits per heavy atom. The first kappa shape index (κ1) is 14.9. The molecular weight excluding hydrogens is 250 g/mol. The molecule has 4 heteroatoms. The molecule has 0 heterocycles. The summed E-state index contributed by atoms with van der Waals surface area (Å²) in [4.78, 5) is 13.6. The van der Waals surface area contributed by atoms with Crippen LogP contribution in [0.15, 0.2) is 18.2 Å². The molecule has 0 unspecified atom stereocenters. The maximum absolute atomic E-state index is 11.4. The van der Waals surface area contributed by atoms with E-state index in [9.17, 15) is 4.79 Å². The van der Waals surface area contributed by atoms with E-state index in [1.165, 1.54) is 24.0 Å². The topological polar surface area (TPSA) is 58.4 Å². The average molecular weight is 275 g/mol. The van der Waals surface area contributed by atoms with Crippen LogP contribution in [0.2, 0.25) is 0 Å². The van der Waals surface area contributed by atoms with Crippen molar-refractivity contribution in [3.05, 3.63) is 29.3 Å². The first-order valence-corrected chi connectivity index (χ1v) is 7.41. The molecule has 1 aromatic carbocycles. The summed E-state index contributed by atoms with van der Waals surface area (Å²) in [5, 5.41) is 3.17. The third-order valence-electron chi connectivity index (χ3n) is 4.12. The minimum absolute atomic E-state index is 0.256. The lowest BCUT2D eigenvalue weighted by atomic mass is 10.1. The molecule has 0 bridgehead atoms. The van der Waals surface area contributed by atoms with E-state index in [4.69, 9.17) is 5.73 Å². The van der Waals surface area contributed by atoms with Gasteiger partial charge in [0.05, 0.1) is 6.54 Å². The van der Waals surface area contributed by atoms with Crippen molar-refractivity contribution in [3.63, 3.8) is 0 Å². The average Bonchev–Trinajstić information content (AvgIpc) is 2.92. The summed E-state index contributed by atoms with van der Waals surface area (Å²) in [5.41, 5.74) is 9.09. The Bertz CT molecular complexity index is 467. The van der Waals surface area contributed by atoms with Crippen molar-refractivity contribution in [3.8, 4) is 0 Å². The number of nitrogens with one attached hydrogen (secondary N) is 1. The summed E-state index contributed by atoms with van der Waals surface area (Å²) in [7, 11) is 1.95. The van der Waals surface area contributed by atoms with Crippen molar-refractivity contribution < 1.29 is 4.79 Å². The largest absolute Gasteiger partial charge is 0.368 e. The zero-order valence-corrected chi connectivity index (χ0v) is 12.5. The third kappa shape index (κ3) is 3.51. The summed E-state index contributed by atoms with van der Waals surface area (Å²) < 4.78 is 0. The van der Waals surface area contributed by atoms with Crippen LogP contribution in [0.4, 0.5) is 5.69 Å². The maximum atomic E-state index is 11.4. The highest BCUT2D eigenvalue weighted by Gasteiger charge is 2.24. The molecule has 1 aliphatic carbocycles. The van der Waals surface area contributed by atoms with Crippen LogP contribution in [0.3, 0.4) is 0 Å². The number of carbonyl (C=O) groups is 1. The van der Waals surface area contributed by atoms with E-state index in [0.717, 1.165) is 25.1 Å². The lowest BCUT2D eigenvalue weighted by Crippen LogP contribution is -2.40. The molecule has 0 saturated heterocycles. The Hall–Kier alpha value is -1.55. The fourth-order valence-corrected chi connectivity index (χ4v) is 3.06. The third-order valence-corrected chi connectivity index (χ3v) is 4.12. The lowest BCUT2D eigenvalue weighted by Gasteiger charge is -2.30. The smallest absolute Gasteiger partial charge is 0.236 e. The number of anilines is 1. The van der Waals surface area contributed by atoms with Gasteiger partial charge in [-0.25, -0.2) is 0 Å². The molecule has 20 heavy (non-hydrogen) atoms. The predicted octanol–water partition coefficient (Wildman–Crippen LogP) is 1.95. The minimum Gasteiger partial charge on any atom is -0.368 e. The molecule has 1 aliphatic rings. The Morgan fingerprint density at radius 3 is 2.65 bits per heavy atom. The zero-order valence-electron chi connectivity index (χ0n) is 12.5. The standard InChI is InChI=1S/C16H25N3O/c1-12-9-15(8-7-13(12)10-18-2)19(11-16(17)20)14-5-3-4-6-14/h7-9,14,18H,3-6,10-11H2,1-2H3,(H2,17,20). The van der Waals surface area contributed by atoms with E-state index in [1.54, 1.807) is 0 Å². The molecule has 1 aromatic rings. The second kappa shape index (κ2) is 6.75. The van der Waals surface area contributed by atoms with Crippen molar-refractivity contribution in [1.82, 2.24) is 5.32 Å². The van der Waals surface area contributed by atoms with Crippen LogP contribution in [0.5, 0.6) is 0 Å². The van der Waals surface area contributed by atoms with E-state index in [1.807, 2.05) is 7.05 Å². The van der Waals surface area contributed by atoms with Crippen LogP contribution >= 0.6 is 0 Å². The molecule has 3 N–H and O–H groups in total. The summed E-state index contributed by atoms with van der Waals surface area (Å²) in [6.45, 7) is 3.30. The van der Waals surface area contributed by atoms with Crippen LogP contribution in [-0.2, 0) is 11.3 Å². The van der Waals surface area contributed by atoms with E-state index in [0.29, 0.717) is 12.6 Å². The van der Waals surface area contributed by atoms with Crippen LogP contribution in [0.25, 0.3) is 0 Å². The number of benzene rings is 1. The predicted molar refractivity (Wildman–Crippen MR) is 82.7 cm³/mol. The number of amides is 1. The van der Waals surface area contributed by atoms with Gasteiger partial charge in [0.15, 0.2) is 0 Å². The second-order valence-electron chi connectivity index (χ2n) is 5.67. The quantitative estimate of drug-likeness (QED) is 0.834. The van der Waals surface area contributed by atoms with Gasteiger partial charge in [-0.15, -0.1) is 0 Å². The normalized spacial score (nSPS) is 15.5. The molecule has 0 aliphatic heterocycles. The van der Waals surface area contributed by atoms with Crippen LogP contribution < -0.4 is 16.0 Å². The Balaban J connectivity index is 2.23. The van der Waals surface area contributed by atoms with Gasteiger partial charge in [0.2, 0.25) is 5.91 Å². The number of nitrogens with zero attached hydrogens (tertiary/aromatic N) is 1. The van der Waals surface area contributed by atoms with E-state index < -0.39 is 0 Å². The second-order valence-corrected chi connectivity index (χ2v) is 5.67. The number of nitrogens with two attached hydrogens (primary N) is 1. The van der Waals surface area contributed by atoms with E-state index >= 15 is 0 Å². The van der Waals surface area contributed by atoms with Crippen molar-refractivity contribution >= 4 is 11.6 Å². The fourth-order valence-electron chi connectivity index (χ4n) is 3.06. The molecule has 1 amide bonds. The van der Waals surface area contributed by atoms with Gasteiger partial charge in [0, 0.05) is 18.3 Å². The highest BCUT2D eigenvalue weighted by molar-refractivity contribution is 5.79. The van der Waals surface area contributed by atoms with Gasteiger partial charge < -0.3 is 16.0 Å². The number of rotatable bonds is 6. The summed E-state index contributed by atoms with van der Waals surface area (Å²) in [6, 6.07) is 6.89. The van der Waals surface area contributed by atoms with Gasteiger partial charge in [-0.1, -0.05) is 18.9 Å². The van der Waals surface area contributed by atoms with Crippen LogP contribution in [0, 0.1) is 6.92 Å². The van der Waals surface area contributed by atoms with E-state index in [2.05, 4.69) is 35.3 Å². The van der Waals surface area contributed by atoms with Crippen LogP contribution in [0.1, 0.15) is 36.8 Å². The molecule has 4 nitrogen and oxygen atoms in total. The molecule has 0 radical (unpaired) electrons. The van der Waals surface area contributed by atoms with Crippen molar-refractivity contribution in [1.29, 1.82) is 0 Å². The Kier molecular flexibility index (Phi) is 5.01. The number of carbonyl (C=O) groups excluding carboxylic acids is 1. The summed E-state index contributed by atoms with van der Waals surface area (Å²) in [6.07, 6.45) is 4.81. The Labute approximate surface area is 121 Å². The highest BCUT2D eigenvalue weighted by atomic mass is 16.1. The van der Waals surface area contributed by atoms with Gasteiger partial charge >= 0.3 is 0 Å². The lowest BCUT2D eigenvalue weighted by molar-refractivity contribution is -0.116.